The van der Waals surface area contributed by atoms with Gasteiger partial charge in [0.15, 0.2) is 0 Å². The molecule has 0 aromatic heterocycles. The van der Waals surface area contributed by atoms with Crippen LogP contribution in [-0.2, 0) is 0 Å². The fourth-order valence-corrected chi connectivity index (χ4v) is 2.41. The first-order valence-corrected chi connectivity index (χ1v) is 6.92. The molecule has 0 radical (unpaired) electrons. The molecule has 1 aromatic carbocycles. The normalized spacial score (nSPS) is 19.6. The van der Waals surface area contributed by atoms with Gasteiger partial charge in [0.1, 0.15) is 12.4 Å². The van der Waals surface area contributed by atoms with Gasteiger partial charge in [-0.3, -0.25) is 4.90 Å². The molecule has 1 fully saturated rings. The number of hydrogen-bond acceptors (Lipinski definition) is 4. The van der Waals surface area contributed by atoms with E-state index in [1.807, 2.05) is 26.2 Å². The first kappa shape index (κ1) is 14.2. The van der Waals surface area contributed by atoms with E-state index in [0.29, 0.717) is 19.1 Å². The monoisotopic (exact) mass is 264 g/mol. The van der Waals surface area contributed by atoms with Crippen LogP contribution in [0.3, 0.4) is 0 Å². The summed E-state index contributed by atoms with van der Waals surface area (Å²) in [4.78, 5) is 4.43. The average molecular weight is 264 g/mol. The molecule has 1 aliphatic heterocycles. The minimum absolute atomic E-state index is 0.308. The Morgan fingerprint density at radius 2 is 2.26 bits per heavy atom. The Labute approximate surface area is 115 Å². The van der Waals surface area contributed by atoms with E-state index in [9.17, 15) is 0 Å². The van der Waals surface area contributed by atoms with Crippen LogP contribution in [0, 0.1) is 5.92 Å². The van der Waals surface area contributed by atoms with Crippen molar-refractivity contribution in [3.05, 3.63) is 24.3 Å². The number of nitrogens with zero attached hydrogens (tertiary/aromatic N) is 2. The van der Waals surface area contributed by atoms with Gasteiger partial charge in [-0.1, -0.05) is 6.07 Å². The van der Waals surface area contributed by atoms with Crippen molar-refractivity contribution >= 4 is 5.69 Å². The van der Waals surface area contributed by atoms with Crippen LogP contribution in [0.5, 0.6) is 5.75 Å². The van der Waals surface area contributed by atoms with Crippen LogP contribution in [-0.4, -0.2) is 56.9 Å². The van der Waals surface area contributed by atoms with Crippen molar-refractivity contribution in [3.8, 4) is 5.75 Å². The molecule has 1 N–H and O–H groups in total. The summed E-state index contributed by atoms with van der Waals surface area (Å²) >= 11 is 0. The molecule has 106 valence electrons. The summed E-state index contributed by atoms with van der Waals surface area (Å²) in [5.41, 5.74) is 1.15. The summed E-state index contributed by atoms with van der Waals surface area (Å²) in [5.74, 6) is 1.38. The highest BCUT2D eigenvalue weighted by atomic mass is 16.5. The fourth-order valence-electron chi connectivity index (χ4n) is 2.41. The molecule has 1 aromatic rings. The third-order valence-electron chi connectivity index (χ3n) is 3.64. The third-order valence-corrected chi connectivity index (χ3v) is 3.64. The Morgan fingerprint density at radius 1 is 1.42 bits per heavy atom. The lowest BCUT2D eigenvalue weighted by atomic mass is 10.1. The summed E-state index contributed by atoms with van der Waals surface area (Å²) in [6, 6.07) is 8.13. The molecule has 0 bridgehead atoms. The van der Waals surface area contributed by atoms with Crippen molar-refractivity contribution in [1.82, 2.24) is 4.90 Å². The zero-order chi connectivity index (χ0) is 13.7. The lowest BCUT2D eigenvalue weighted by molar-refractivity contribution is 0.204. The third kappa shape index (κ3) is 4.11. The lowest BCUT2D eigenvalue weighted by Crippen LogP contribution is -2.26. The number of aliphatic hydroxyl groups excluding tert-OH is 1. The van der Waals surface area contributed by atoms with Crippen LogP contribution in [0.15, 0.2) is 24.3 Å². The quantitative estimate of drug-likeness (QED) is 0.843. The first-order valence-electron chi connectivity index (χ1n) is 6.92. The molecule has 1 aliphatic rings. The van der Waals surface area contributed by atoms with Gasteiger partial charge in [-0.05, 0) is 31.0 Å². The minimum atomic E-state index is 0.308. The maximum atomic E-state index is 9.11. The Morgan fingerprint density at radius 3 is 2.95 bits per heavy atom. The van der Waals surface area contributed by atoms with Crippen molar-refractivity contribution in [3.63, 3.8) is 0 Å². The molecule has 1 unspecified atom stereocenters. The number of likely N-dealkylation sites (tertiary alicyclic amines) is 1. The lowest BCUT2D eigenvalue weighted by Gasteiger charge is -2.17. The summed E-state index contributed by atoms with van der Waals surface area (Å²) in [7, 11) is 4.05. The van der Waals surface area contributed by atoms with Crippen molar-refractivity contribution in [2.24, 2.45) is 5.92 Å². The van der Waals surface area contributed by atoms with Crippen LogP contribution in [0.4, 0.5) is 5.69 Å². The van der Waals surface area contributed by atoms with Gasteiger partial charge in [0.25, 0.3) is 0 Å². The maximum Gasteiger partial charge on any atom is 0.121 e. The Balaban J connectivity index is 1.75. The zero-order valence-corrected chi connectivity index (χ0v) is 11.9. The Bertz CT molecular complexity index is 395. The average Bonchev–Trinajstić information content (AvgIpc) is 2.87. The molecule has 19 heavy (non-hydrogen) atoms. The van der Waals surface area contributed by atoms with Crippen molar-refractivity contribution in [2.75, 3.05) is 51.8 Å². The van der Waals surface area contributed by atoms with Crippen molar-refractivity contribution in [1.29, 1.82) is 0 Å². The van der Waals surface area contributed by atoms with Gasteiger partial charge in [0, 0.05) is 45.5 Å². The maximum absolute atomic E-state index is 9.11. The second-order valence-electron chi connectivity index (χ2n) is 5.38. The number of benzene rings is 1. The standard InChI is InChI=1S/C15H24N2O2/c1-16(2)14-4-3-5-15(10-14)19-9-8-17-7-6-13(11-17)12-18/h3-5,10,13,18H,6-9,11-12H2,1-2H3. The molecule has 1 saturated heterocycles. The van der Waals surface area contributed by atoms with E-state index in [1.165, 1.54) is 0 Å². The predicted octanol–water partition coefficient (Wildman–Crippen LogP) is 1.45. The Hall–Kier alpha value is -1.26. The topological polar surface area (TPSA) is 35.9 Å². The van der Waals surface area contributed by atoms with Gasteiger partial charge >= 0.3 is 0 Å². The van der Waals surface area contributed by atoms with Gasteiger partial charge in [0.05, 0.1) is 0 Å². The number of rotatable bonds is 6. The van der Waals surface area contributed by atoms with Gasteiger partial charge in [-0.15, -0.1) is 0 Å². The fraction of sp³-hybridized carbons (Fsp3) is 0.600. The van der Waals surface area contributed by atoms with E-state index >= 15 is 0 Å². The number of hydrogen-bond donors (Lipinski definition) is 1. The predicted molar refractivity (Wildman–Crippen MR) is 77.9 cm³/mol. The van der Waals surface area contributed by atoms with E-state index < -0.39 is 0 Å². The number of aliphatic hydroxyl groups is 1. The number of anilines is 1. The smallest absolute Gasteiger partial charge is 0.121 e. The molecule has 2 rings (SSSR count). The number of ether oxygens (including phenoxy) is 1. The molecule has 0 saturated carbocycles. The highest BCUT2D eigenvalue weighted by Gasteiger charge is 2.21. The van der Waals surface area contributed by atoms with Crippen molar-refractivity contribution < 1.29 is 9.84 Å². The molecule has 0 spiro atoms. The van der Waals surface area contributed by atoms with Gasteiger partial charge in [-0.2, -0.15) is 0 Å². The summed E-state index contributed by atoms with van der Waals surface area (Å²) < 4.78 is 5.80. The molecule has 0 amide bonds. The molecule has 0 aliphatic carbocycles. The largest absolute Gasteiger partial charge is 0.492 e. The second kappa shape index (κ2) is 6.78. The zero-order valence-electron chi connectivity index (χ0n) is 11.9. The van der Waals surface area contributed by atoms with E-state index in [-0.39, 0.29) is 0 Å². The Kier molecular flexibility index (Phi) is 5.05. The van der Waals surface area contributed by atoms with Crippen LogP contribution in [0.1, 0.15) is 6.42 Å². The van der Waals surface area contributed by atoms with Gasteiger partial charge in [-0.25, -0.2) is 0 Å². The highest BCUT2D eigenvalue weighted by molar-refractivity contribution is 5.49. The van der Waals surface area contributed by atoms with E-state index in [2.05, 4.69) is 21.9 Å². The second-order valence-corrected chi connectivity index (χ2v) is 5.38. The van der Waals surface area contributed by atoms with Gasteiger partial charge < -0.3 is 14.7 Å². The van der Waals surface area contributed by atoms with Gasteiger partial charge in [0.2, 0.25) is 0 Å². The van der Waals surface area contributed by atoms with Crippen LogP contribution in [0.25, 0.3) is 0 Å². The summed E-state index contributed by atoms with van der Waals surface area (Å²) in [6.45, 7) is 4.02. The van der Waals surface area contributed by atoms with E-state index in [0.717, 1.165) is 37.5 Å². The van der Waals surface area contributed by atoms with Crippen molar-refractivity contribution in [2.45, 2.75) is 6.42 Å². The van der Waals surface area contributed by atoms with Crippen LogP contribution in [0.2, 0.25) is 0 Å². The molecule has 1 atom stereocenters. The highest BCUT2D eigenvalue weighted by Crippen LogP contribution is 2.19. The molecular weight excluding hydrogens is 240 g/mol. The SMILES string of the molecule is CN(C)c1cccc(OCCN2CCC(CO)C2)c1. The van der Waals surface area contributed by atoms with E-state index in [1.54, 1.807) is 0 Å². The first-order chi connectivity index (χ1) is 9.19. The summed E-state index contributed by atoms with van der Waals surface area (Å²) in [6.07, 6.45) is 1.10. The summed E-state index contributed by atoms with van der Waals surface area (Å²) in [5, 5.41) is 9.11. The minimum Gasteiger partial charge on any atom is -0.492 e. The molecular formula is C15H24N2O2. The van der Waals surface area contributed by atoms with Crippen LogP contribution >= 0.6 is 0 Å². The van der Waals surface area contributed by atoms with Crippen LogP contribution < -0.4 is 9.64 Å². The molecule has 1 heterocycles. The molecule has 4 nitrogen and oxygen atoms in total. The van der Waals surface area contributed by atoms with E-state index in [4.69, 9.17) is 9.84 Å². The molecule has 4 heteroatoms.